The molecule has 1 heterocycles. The molecular formula is C17H20N2O2. The molecule has 1 N–H and O–H groups in total. The topological polar surface area (TPSA) is 51.2 Å². The third-order valence-electron chi connectivity index (χ3n) is 3.03. The lowest BCUT2D eigenvalue weighted by molar-refractivity contribution is -0.122. The number of para-hydroxylation sites is 1. The van der Waals surface area contributed by atoms with Gasteiger partial charge in [-0.15, -0.1) is 0 Å². The Kier molecular flexibility index (Phi) is 4.93. The standard InChI is InChI=1S/C17H20N2O2/c1-4-15(21-14-8-6-5-7-9-14)17(20)19-16-11-12(2)10-13(3)18-16/h5-11,15H,4H2,1-3H3,(H,18,19,20). The Hall–Kier alpha value is -2.36. The summed E-state index contributed by atoms with van der Waals surface area (Å²) in [6.45, 7) is 5.80. The predicted octanol–water partition coefficient (Wildman–Crippen LogP) is 3.49. The van der Waals surface area contributed by atoms with Crippen LogP contribution in [-0.4, -0.2) is 17.0 Å². The first-order valence-corrected chi connectivity index (χ1v) is 7.06. The van der Waals surface area contributed by atoms with Crippen LogP contribution in [0.5, 0.6) is 5.75 Å². The smallest absolute Gasteiger partial charge is 0.266 e. The zero-order valence-corrected chi connectivity index (χ0v) is 12.6. The lowest BCUT2D eigenvalue weighted by atomic mass is 10.2. The van der Waals surface area contributed by atoms with E-state index in [2.05, 4.69) is 10.3 Å². The number of hydrogen-bond donors (Lipinski definition) is 1. The summed E-state index contributed by atoms with van der Waals surface area (Å²) in [6, 6.07) is 13.2. The number of rotatable bonds is 5. The number of nitrogens with zero attached hydrogens (tertiary/aromatic N) is 1. The van der Waals surface area contributed by atoms with Crippen molar-refractivity contribution < 1.29 is 9.53 Å². The van der Waals surface area contributed by atoms with Gasteiger partial charge in [0.2, 0.25) is 0 Å². The predicted molar refractivity (Wildman–Crippen MR) is 83.5 cm³/mol. The zero-order valence-electron chi connectivity index (χ0n) is 12.6. The van der Waals surface area contributed by atoms with Crippen LogP contribution in [-0.2, 0) is 4.79 Å². The molecule has 2 rings (SSSR count). The summed E-state index contributed by atoms with van der Waals surface area (Å²) in [4.78, 5) is 16.6. The second-order valence-corrected chi connectivity index (χ2v) is 4.99. The minimum Gasteiger partial charge on any atom is -0.481 e. The molecule has 0 saturated carbocycles. The van der Waals surface area contributed by atoms with E-state index in [1.54, 1.807) is 0 Å². The van der Waals surface area contributed by atoms with Gasteiger partial charge in [-0.3, -0.25) is 4.79 Å². The number of carbonyl (C=O) groups is 1. The van der Waals surface area contributed by atoms with E-state index < -0.39 is 6.10 Å². The highest BCUT2D eigenvalue weighted by atomic mass is 16.5. The van der Waals surface area contributed by atoms with Crippen molar-refractivity contribution in [2.45, 2.75) is 33.3 Å². The molecule has 0 spiro atoms. The van der Waals surface area contributed by atoms with E-state index in [0.29, 0.717) is 18.0 Å². The summed E-state index contributed by atoms with van der Waals surface area (Å²) in [5, 5.41) is 2.82. The molecule has 0 bridgehead atoms. The highest BCUT2D eigenvalue weighted by molar-refractivity contribution is 5.93. The Morgan fingerprint density at radius 3 is 2.57 bits per heavy atom. The summed E-state index contributed by atoms with van der Waals surface area (Å²) in [5.74, 6) is 1.07. The van der Waals surface area contributed by atoms with Gasteiger partial charge in [-0.25, -0.2) is 4.98 Å². The summed E-state index contributed by atoms with van der Waals surface area (Å²) in [5.41, 5.74) is 1.94. The van der Waals surface area contributed by atoms with Gasteiger partial charge in [-0.1, -0.05) is 25.1 Å². The van der Waals surface area contributed by atoms with Crippen molar-refractivity contribution in [2.24, 2.45) is 0 Å². The Bertz CT molecular complexity index is 591. The van der Waals surface area contributed by atoms with Crippen LogP contribution in [0.25, 0.3) is 0 Å². The third-order valence-corrected chi connectivity index (χ3v) is 3.03. The molecule has 1 unspecified atom stereocenters. The number of anilines is 1. The number of amides is 1. The highest BCUT2D eigenvalue weighted by Crippen LogP contribution is 2.15. The van der Waals surface area contributed by atoms with Crippen molar-refractivity contribution in [1.29, 1.82) is 0 Å². The number of benzene rings is 1. The molecule has 21 heavy (non-hydrogen) atoms. The average Bonchev–Trinajstić information content (AvgIpc) is 2.44. The van der Waals surface area contributed by atoms with Gasteiger partial charge in [0.15, 0.2) is 6.10 Å². The zero-order chi connectivity index (χ0) is 15.2. The highest BCUT2D eigenvalue weighted by Gasteiger charge is 2.19. The first-order chi connectivity index (χ1) is 10.1. The van der Waals surface area contributed by atoms with Crippen LogP contribution in [0.15, 0.2) is 42.5 Å². The molecule has 0 saturated heterocycles. The molecule has 0 aliphatic rings. The molecule has 4 nitrogen and oxygen atoms in total. The first kappa shape index (κ1) is 15.0. The molecule has 1 atom stereocenters. The van der Waals surface area contributed by atoms with Crippen molar-refractivity contribution in [1.82, 2.24) is 4.98 Å². The maximum Gasteiger partial charge on any atom is 0.266 e. The van der Waals surface area contributed by atoms with Crippen molar-refractivity contribution in [3.05, 3.63) is 53.7 Å². The maximum absolute atomic E-state index is 12.3. The van der Waals surface area contributed by atoms with Crippen LogP contribution in [0.4, 0.5) is 5.82 Å². The number of aryl methyl sites for hydroxylation is 2. The van der Waals surface area contributed by atoms with Crippen molar-refractivity contribution >= 4 is 11.7 Å². The van der Waals surface area contributed by atoms with Crippen LogP contribution in [0.2, 0.25) is 0 Å². The van der Waals surface area contributed by atoms with E-state index >= 15 is 0 Å². The summed E-state index contributed by atoms with van der Waals surface area (Å²) in [6.07, 6.45) is 0.0564. The third kappa shape index (κ3) is 4.31. The maximum atomic E-state index is 12.3. The SMILES string of the molecule is CCC(Oc1ccccc1)C(=O)Nc1cc(C)cc(C)n1. The Morgan fingerprint density at radius 1 is 1.24 bits per heavy atom. The van der Waals surface area contributed by atoms with Crippen LogP contribution in [0, 0.1) is 13.8 Å². The molecule has 110 valence electrons. The normalized spacial score (nSPS) is 11.8. The molecule has 0 radical (unpaired) electrons. The van der Waals surface area contributed by atoms with E-state index in [1.165, 1.54) is 0 Å². The van der Waals surface area contributed by atoms with E-state index in [-0.39, 0.29) is 5.91 Å². The quantitative estimate of drug-likeness (QED) is 0.914. The van der Waals surface area contributed by atoms with Gasteiger partial charge in [-0.05, 0) is 50.1 Å². The lowest BCUT2D eigenvalue weighted by Gasteiger charge is -2.17. The fourth-order valence-electron chi connectivity index (χ4n) is 2.10. The minimum atomic E-state index is -0.532. The summed E-state index contributed by atoms with van der Waals surface area (Å²) in [7, 11) is 0. The molecule has 0 fully saturated rings. The average molecular weight is 284 g/mol. The summed E-state index contributed by atoms with van der Waals surface area (Å²) >= 11 is 0. The van der Waals surface area contributed by atoms with E-state index in [1.807, 2.05) is 63.2 Å². The summed E-state index contributed by atoms with van der Waals surface area (Å²) < 4.78 is 5.72. The number of ether oxygens (including phenoxy) is 1. The molecule has 1 aromatic heterocycles. The molecular weight excluding hydrogens is 264 g/mol. The van der Waals surface area contributed by atoms with Crippen molar-refractivity contribution in [3.8, 4) is 5.75 Å². The number of carbonyl (C=O) groups excluding carboxylic acids is 1. The van der Waals surface area contributed by atoms with Crippen LogP contribution >= 0.6 is 0 Å². The molecule has 2 aromatic rings. The molecule has 1 aromatic carbocycles. The van der Waals surface area contributed by atoms with Crippen LogP contribution in [0.1, 0.15) is 24.6 Å². The van der Waals surface area contributed by atoms with Gasteiger partial charge >= 0.3 is 0 Å². The molecule has 0 aliphatic carbocycles. The van der Waals surface area contributed by atoms with E-state index in [4.69, 9.17) is 4.74 Å². The van der Waals surface area contributed by atoms with Crippen LogP contribution in [0.3, 0.4) is 0 Å². The van der Waals surface area contributed by atoms with Gasteiger partial charge in [-0.2, -0.15) is 0 Å². The number of pyridine rings is 1. The Morgan fingerprint density at radius 2 is 1.95 bits per heavy atom. The second kappa shape index (κ2) is 6.88. The minimum absolute atomic E-state index is 0.182. The fourth-order valence-corrected chi connectivity index (χ4v) is 2.10. The number of nitrogens with one attached hydrogen (secondary N) is 1. The van der Waals surface area contributed by atoms with E-state index in [9.17, 15) is 4.79 Å². The number of hydrogen-bond acceptors (Lipinski definition) is 3. The molecule has 0 aliphatic heterocycles. The van der Waals surface area contributed by atoms with Gasteiger partial charge < -0.3 is 10.1 Å². The Labute approximate surface area is 125 Å². The first-order valence-electron chi connectivity index (χ1n) is 7.06. The molecule has 4 heteroatoms. The largest absolute Gasteiger partial charge is 0.481 e. The lowest BCUT2D eigenvalue weighted by Crippen LogP contribution is -2.32. The number of aromatic nitrogens is 1. The molecule has 1 amide bonds. The van der Waals surface area contributed by atoms with Gasteiger partial charge in [0.1, 0.15) is 11.6 Å². The van der Waals surface area contributed by atoms with Crippen LogP contribution < -0.4 is 10.1 Å². The van der Waals surface area contributed by atoms with Gasteiger partial charge in [0.25, 0.3) is 5.91 Å². The second-order valence-electron chi connectivity index (χ2n) is 4.99. The van der Waals surface area contributed by atoms with E-state index in [0.717, 1.165) is 11.3 Å². The van der Waals surface area contributed by atoms with Crippen molar-refractivity contribution in [2.75, 3.05) is 5.32 Å². The Balaban J connectivity index is 2.06. The fraction of sp³-hybridized carbons (Fsp3) is 0.294. The van der Waals surface area contributed by atoms with Gasteiger partial charge in [0.05, 0.1) is 0 Å². The van der Waals surface area contributed by atoms with Crippen molar-refractivity contribution in [3.63, 3.8) is 0 Å². The van der Waals surface area contributed by atoms with Gasteiger partial charge in [0, 0.05) is 5.69 Å². The monoisotopic (exact) mass is 284 g/mol.